The normalized spacial score (nSPS) is 35.4. The van der Waals surface area contributed by atoms with Gasteiger partial charge in [-0.3, -0.25) is 14.4 Å². The Bertz CT molecular complexity index is 1150. The Kier molecular flexibility index (Phi) is 4.45. The van der Waals surface area contributed by atoms with Crippen molar-refractivity contribution in [2.24, 2.45) is 23.7 Å². The number of alkyl halides is 3. The zero-order valence-electron chi connectivity index (χ0n) is 17.1. The maximum atomic E-state index is 13.4. The Balaban J connectivity index is 1.84. The van der Waals surface area contributed by atoms with Gasteiger partial charge in [0.1, 0.15) is 5.92 Å². The third-order valence-electron chi connectivity index (χ3n) is 6.83. The number of benzene rings is 1. The lowest BCUT2D eigenvalue weighted by Crippen LogP contribution is -2.53. The highest BCUT2D eigenvalue weighted by atomic mass is 19.4. The number of nitrogens with zero attached hydrogens (tertiary/aromatic N) is 3. The summed E-state index contributed by atoms with van der Waals surface area (Å²) in [5.74, 6) is -7.08. The highest BCUT2D eigenvalue weighted by Gasteiger charge is 2.81. The Morgan fingerprint density at radius 1 is 1.16 bits per heavy atom. The number of rotatable bonds is 2. The number of imide groups is 1. The van der Waals surface area contributed by atoms with Crippen molar-refractivity contribution in [2.45, 2.75) is 31.2 Å². The summed E-state index contributed by atoms with van der Waals surface area (Å²) >= 11 is 0. The molecular weight excluding hydrogens is 431 g/mol. The van der Waals surface area contributed by atoms with Gasteiger partial charge in [0.25, 0.3) is 0 Å². The van der Waals surface area contributed by atoms with Crippen molar-refractivity contribution in [3.05, 3.63) is 29.3 Å². The van der Waals surface area contributed by atoms with Crippen LogP contribution in [0.1, 0.15) is 25.0 Å². The van der Waals surface area contributed by atoms with Gasteiger partial charge in [-0.15, -0.1) is 0 Å². The number of carbonyl (C=O) groups excluding carboxylic acids is 3. The zero-order chi connectivity index (χ0) is 23.8. The van der Waals surface area contributed by atoms with Gasteiger partial charge in [0.2, 0.25) is 11.8 Å². The first-order valence-corrected chi connectivity index (χ1v) is 9.53. The topological polar surface area (TPSA) is 120 Å². The molecule has 1 aromatic carbocycles. The number of esters is 1. The summed E-state index contributed by atoms with van der Waals surface area (Å²) in [5, 5.41) is 18.7. The molecular formula is C21H16F3N3O5. The minimum atomic E-state index is -4.88. The first-order valence-electron chi connectivity index (χ1n) is 9.53. The molecule has 0 aromatic heterocycles. The average Bonchev–Trinajstić information content (AvgIpc) is 3.24. The molecule has 1 aromatic rings. The van der Waals surface area contributed by atoms with Crippen molar-refractivity contribution in [2.75, 3.05) is 12.0 Å². The maximum Gasteiger partial charge on any atom is 0.417 e. The van der Waals surface area contributed by atoms with Crippen LogP contribution in [-0.4, -0.2) is 36.1 Å². The fourth-order valence-electron chi connectivity index (χ4n) is 5.56. The molecule has 4 rings (SSSR count). The summed E-state index contributed by atoms with van der Waals surface area (Å²) in [7, 11) is 1.12. The van der Waals surface area contributed by atoms with Crippen LogP contribution in [0.25, 0.3) is 0 Å². The van der Waals surface area contributed by atoms with Crippen LogP contribution in [0, 0.1) is 46.3 Å². The van der Waals surface area contributed by atoms with Crippen LogP contribution in [0.15, 0.2) is 18.2 Å². The molecule has 11 heteroatoms. The highest BCUT2D eigenvalue weighted by molar-refractivity contribution is 6.23. The van der Waals surface area contributed by atoms with Gasteiger partial charge < -0.3 is 9.47 Å². The summed E-state index contributed by atoms with van der Waals surface area (Å²) in [6.07, 6.45) is -4.88. The molecule has 0 aliphatic carbocycles. The van der Waals surface area contributed by atoms with Crippen molar-refractivity contribution in [1.29, 1.82) is 10.5 Å². The van der Waals surface area contributed by atoms with E-state index < -0.39 is 70.0 Å². The molecule has 0 spiro atoms. The van der Waals surface area contributed by atoms with Crippen LogP contribution in [0.5, 0.6) is 0 Å². The molecule has 2 unspecified atom stereocenters. The van der Waals surface area contributed by atoms with E-state index in [0.717, 1.165) is 19.2 Å². The van der Waals surface area contributed by atoms with Gasteiger partial charge >= 0.3 is 12.1 Å². The molecule has 3 saturated heterocycles. The number of nitriles is 2. The Morgan fingerprint density at radius 2 is 1.75 bits per heavy atom. The van der Waals surface area contributed by atoms with Gasteiger partial charge in [0.05, 0.1) is 65.0 Å². The number of hydrogen-bond donors (Lipinski definition) is 0. The number of methoxy groups -OCH3 is 1. The molecule has 8 nitrogen and oxygen atoms in total. The van der Waals surface area contributed by atoms with E-state index in [9.17, 15) is 32.8 Å². The van der Waals surface area contributed by atoms with Crippen LogP contribution in [-0.2, 0) is 30.0 Å². The average molecular weight is 447 g/mol. The lowest BCUT2D eigenvalue weighted by Gasteiger charge is -2.36. The van der Waals surface area contributed by atoms with E-state index >= 15 is 0 Å². The predicted octanol–water partition coefficient (Wildman–Crippen LogP) is 2.17. The molecule has 166 valence electrons. The fourth-order valence-corrected chi connectivity index (χ4v) is 5.56. The first-order chi connectivity index (χ1) is 14.9. The Hall–Kier alpha value is -3.44. The SMILES string of the molecule is COC(=O)[C@@H]1[C@@H](C#N)C2(C)OC1(C)[C@@H]1C(=O)N(c3ccc(C#N)c(C(F)(F)F)c3)C(=O)[C@@H]12. The molecule has 2 bridgehead atoms. The van der Waals surface area contributed by atoms with E-state index in [1.807, 2.05) is 6.07 Å². The minimum absolute atomic E-state index is 0.351. The van der Waals surface area contributed by atoms with Crippen LogP contribution in [0.3, 0.4) is 0 Å². The standard InChI is InChI=1S/C21H16F3N3O5/c1-19-12(8-26)13(18(30)31-3)20(2,32-19)15-14(19)16(28)27(17(15)29)10-5-4-9(7-25)11(6-10)21(22,23)24/h4-6,12-15H,1-3H3/t12-,13+,14-,15+,19?,20?/m1/s1. The second kappa shape index (κ2) is 6.53. The third-order valence-corrected chi connectivity index (χ3v) is 6.83. The van der Waals surface area contributed by atoms with E-state index in [0.29, 0.717) is 11.0 Å². The fraction of sp³-hybridized carbons (Fsp3) is 0.476. The second-order valence-corrected chi connectivity index (χ2v) is 8.38. The molecule has 0 radical (unpaired) electrons. The van der Waals surface area contributed by atoms with Crippen LogP contribution in [0.2, 0.25) is 0 Å². The van der Waals surface area contributed by atoms with Crippen LogP contribution in [0.4, 0.5) is 18.9 Å². The van der Waals surface area contributed by atoms with Crippen molar-refractivity contribution in [3.8, 4) is 12.1 Å². The number of carbonyl (C=O) groups is 3. The Morgan fingerprint density at radius 3 is 2.25 bits per heavy atom. The molecule has 32 heavy (non-hydrogen) atoms. The maximum absolute atomic E-state index is 13.4. The van der Waals surface area contributed by atoms with Gasteiger partial charge in [-0.25, -0.2) is 4.90 Å². The first kappa shape index (κ1) is 21.8. The van der Waals surface area contributed by atoms with E-state index in [1.165, 1.54) is 19.9 Å². The number of anilines is 1. The highest BCUT2D eigenvalue weighted by Crippen LogP contribution is 2.65. The van der Waals surface area contributed by atoms with Crippen LogP contribution < -0.4 is 4.90 Å². The third kappa shape index (κ3) is 2.49. The summed E-state index contributed by atoms with van der Waals surface area (Å²) < 4.78 is 51.0. The predicted molar refractivity (Wildman–Crippen MR) is 98.1 cm³/mol. The van der Waals surface area contributed by atoms with E-state index in [1.54, 1.807) is 0 Å². The van der Waals surface area contributed by atoms with Gasteiger partial charge in [-0.1, -0.05) is 0 Å². The van der Waals surface area contributed by atoms with E-state index in [-0.39, 0.29) is 5.69 Å². The monoisotopic (exact) mass is 447 g/mol. The number of fused-ring (bicyclic) bond motifs is 5. The summed E-state index contributed by atoms with van der Waals surface area (Å²) in [6, 6.07) is 5.96. The van der Waals surface area contributed by atoms with Gasteiger partial charge in [-0.05, 0) is 32.0 Å². The lowest BCUT2D eigenvalue weighted by molar-refractivity contribution is -0.154. The van der Waals surface area contributed by atoms with Crippen molar-refractivity contribution in [1.82, 2.24) is 0 Å². The number of halogens is 3. The molecule has 3 heterocycles. The largest absolute Gasteiger partial charge is 0.469 e. The van der Waals surface area contributed by atoms with Crippen molar-refractivity contribution < 1.29 is 37.0 Å². The quantitative estimate of drug-likeness (QED) is 0.503. The van der Waals surface area contributed by atoms with Gasteiger partial charge in [0, 0.05) is 0 Å². The van der Waals surface area contributed by atoms with E-state index in [4.69, 9.17) is 14.7 Å². The van der Waals surface area contributed by atoms with E-state index in [2.05, 4.69) is 0 Å². The van der Waals surface area contributed by atoms with Crippen molar-refractivity contribution in [3.63, 3.8) is 0 Å². The van der Waals surface area contributed by atoms with Gasteiger partial charge in [0.15, 0.2) is 0 Å². The van der Waals surface area contributed by atoms with Gasteiger partial charge in [-0.2, -0.15) is 23.7 Å². The summed E-state index contributed by atoms with van der Waals surface area (Å²) in [6.45, 7) is 2.88. The molecule has 0 N–H and O–H groups in total. The van der Waals surface area contributed by atoms with Crippen LogP contribution >= 0.6 is 0 Å². The number of amides is 2. The molecule has 2 amide bonds. The molecule has 3 fully saturated rings. The number of hydrogen-bond acceptors (Lipinski definition) is 7. The number of ether oxygens (including phenoxy) is 2. The summed E-state index contributed by atoms with van der Waals surface area (Å²) in [5.41, 5.74) is -5.37. The minimum Gasteiger partial charge on any atom is -0.469 e. The molecule has 3 aliphatic rings. The Labute approximate surface area is 180 Å². The molecule has 6 atom stereocenters. The molecule has 3 aliphatic heterocycles. The van der Waals surface area contributed by atoms with Crippen molar-refractivity contribution >= 4 is 23.5 Å². The zero-order valence-corrected chi connectivity index (χ0v) is 17.1. The lowest BCUT2D eigenvalue weighted by atomic mass is 9.59. The summed E-state index contributed by atoms with van der Waals surface area (Å²) in [4.78, 5) is 39.7. The smallest absolute Gasteiger partial charge is 0.417 e. The second-order valence-electron chi connectivity index (χ2n) is 8.38. The molecule has 0 saturated carbocycles.